The smallest absolute Gasteiger partial charge is 0.417 e. The van der Waals surface area contributed by atoms with Crippen molar-refractivity contribution in [2.24, 2.45) is 0 Å². The molecule has 2 rings (SSSR count). The average Bonchev–Trinajstić information content (AvgIpc) is 2.48. The van der Waals surface area contributed by atoms with Gasteiger partial charge in [-0.2, -0.15) is 0 Å². The number of amides is 1. The number of rotatable bonds is 3. The van der Waals surface area contributed by atoms with Crippen LogP contribution in [0.25, 0.3) is 0 Å². The third-order valence-electron chi connectivity index (χ3n) is 3.28. The molecule has 4 nitrogen and oxygen atoms in total. The van der Waals surface area contributed by atoms with Gasteiger partial charge >= 0.3 is 6.09 Å². The fraction of sp³-hybridized carbons (Fsp3) is 0.353. The van der Waals surface area contributed by atoms with E-state index in [0.717, 1.165) is 5.75 Å². The summed E-state index contributed by atoms with van der Waals surface area (Å²) in [6.45, 7) is 6.09. The molecule has 1 aromatic rings. The summed E-state index contributed by atoms with van der Waals surface area (Å²) < 4.78 is 10.4. The molecule has 0 aromatic heterocycles. The Morgan fingerprint density at radius 2 is 1.90 bits per heavy atom. The Morgan fingerprint density at radius 3 is 2.48 bits per heavy atom. The van der Waals surface area contributed by atoms with Crippen LogP contribution in [0.1, 0.15) is 30.9 Å². The number of benzene rings is 1. The summed E-state index contributed by atoms with van der Waals surface area (Å²) in [5.41, 5.74) is 2.36. The Morgan fingerprint density at radius 1 is 1.24 bits per heavy atom. The van der Waals surface area contributed by atoms with Crippen LogP contribution >= 0.6 is 0 Å². The number of methoxy groups -OCH3 is 1. The fourth-order valence-electron chi connectivity index (χ4n) is 2.24. The Hall–Kier alpha value is -2.23. The van der Waals surface area contributed by atoms with Crippen LogP contribution in [0, 0.1) is 6.92 Å². The van der Waals surface area contributed by atoms with E-state index in [9.17, 15) is 4.79 Å². The number of allylic oxidation sites excluding steroid dienone is 2. The van der Waals surface area contributed by atoms with E-state index in [-0.39, 0.29) is 12.0 Å². The highest BCUT2D eigenvalue weighted by atomic mass is 16.5. The van der Waals surface area contributed by atoms with Crippen LogP contribution in [-0.4, -0.2) is 24.2 Å². The minimum atomic E-state index is -0.394. The van der Waals surface area contributed by atoms with E-state index < -0.39 is 6.09 Å². The van der Waals surface area contributed by atoms with Crippen molar-refractivity contribution in [2.45, 2.75) is 32.8 Å². The summed E-state index contributed by atoms with van der Waals surface area (Å²) in [5, 5.41) is 0. The summed E-state index contributed by atoms with van der Waals surface area (Å²) in [7, 11) is 1.37. The van der Waals surface area contributed by atoms with Crippen molar-refractivity contribution in [1.29, 1.82) is 0 Å². The molecule has 0 saturated carbocycles. The molecule has 1 aliphatic heterocycles. The number of hydrogen-bond acceptors (Lipinski definition) is 3. The molecular weight excluding hydrogens is 266 g/mol. The van der Waals surface area contributed by atoms with Crippen LogP contribution in [0.2, 0.25) is 0 Å². The molecule has 0 unspecified atom stereocenters. The highest BCUT2D eigenvalue weighted by Crippen LogP contribution is 2.29. The van der Waals surface area contributed by atoms with Gasteiger partial charge in [0, 0.05) is 18.3 Å². The quantitative estimate of drug-likeness (QED) is 0.844. The van der Waals surface area contributed by atoms with E-state index in [1.807, 2.05) is 32.1 Å². The fourth-order valence-corrected chi connectivity index (χ4v) is 2.24. The van der Waals surface area contributed by atoms with Gasteiger partial charge in [0.2, 0.25) is 0 Å². The summed E-state index contributed by atoms with van der Waals surface area (Å²) in [5.74, 6) is 0.990. The Labute approximate surface area is 125 Å². The van der Waals surface area contributed by atoms with Gasteiger partial charge < -0.3 is 9.47 Å². The van der Waals surface area contributed by atoms with Gasteiger partial charge in [-0.15, -0.1) is 0 Å². The molecule has 0 fully saturated rings. The summed E-state index contributed by atoms with van der Waals surface area (Å²) in [6.07, 6.45) is 7.15. The normalized spacial score (nSPS) is 14.6. The van der Waals surface area contributed by atoms with Gasteiger partial charge in [-0.25, -0.2) is 4.79 Å². The molecule has 0 N–H and O–H groups in total. The predicted octanol–water partition coefficient (Wildman–Crippen LogP) is 3.98. The van der Waals surface area contributed by atoms with Crippen LogP contribution in [0.5, 0.6) is 5.75 Å². The van der Waals surface area contributed by atoms with Crippen LogP contribution in [0.15, 0.2) is 42.8 Å². The van der Waals surface area contributed by atoms with Gasteiger partial charge in [-0.05, 0) is 44.0 Å². The second-order valence-electron chi connectivity index (χ2n) is 5.27. The molecule has 1 heterocycles. The van der Waals surface area contributed by atoms with E-state index >= 15 is 0 Å². The van der Waals surface area contributed by atoms with Crippen molar-refractivity contribution in [3.05, 3.63) is 53.9 Å². The second-order valence-corrected chi connectivity index (χ2v) is 5.27. The highest BCUT2D eigenvalue weighted by Gasteiger charge is 2.16. The molecule has 0 saturated heterocycles. The molecule has 0 spiro atoms. The number of aryl methyl sites for hydroxylation is 1. The van der Waals surface area contributed by atoms with Crippen molar-refractivity contribution in [1.82, 2.24) is 4.90 Å². The van der Waals surface area contributed by atoms with Crippen molar-refractivity contribution < 1.29 is 14.3 Å². The van der Waals surface area contributed by atoms with Crippen molar-refractivity contribution in [3.8, 4) is 5.75 Å². The van der Waals surface area contributed by atoms with Gasteiger partial charge in [0.15, 0.2) is 0 Å². The summed E-state index contributed by atoms with van der Waals surface area (Å²) in [6, 6.07) is 6.10. The van der Waals surface area contributed by atoms with E-state index in [1.54, 1.807) is 12.4 Å². The number of carbonyl (C=O) groups is 1. The maximum atomic E-state index is 11.4. The third-order valence-corrected chi connectivity index (χ3v) is 3.28. The molecule has 1 amide bonds. The minimum absolute atomic E-state index is 0.126. The predicted molar refractivity (Wildman–Crippen MR) is 82.2 cm³/mol. The molecule has 112 valence electrons. The number of nitrogens with zero attached hydrogens (tertiary/aromatic N) is 1. The van der Waals surface area contributed by atoms with Gasteiger partial charge in [0.25, 0.3) is 0 Å². The summed E-state index contributed by atoms with van der Waals surface area (Å²) in [4.78, 5) is 12.9. The van der Waals surface area contributed by atoms with Crippen molar-refractivity contribution in [2.75, 3.05) is 7.11 Å². The molecular formula is C17H21NO3. The molecule has 0 atom stereocenters. The lowest BCUT2D eigenvalue weighted by atomic mass is 9.93. The molecule has 0 radical (unpaired) electrons. The highest BCUT2D eigenvalue weighted by molar-refractivity contribution is 5.70. The minimum Gasteiger partial charge on any atom is -0.491 e. The summed E-state index contributed by atoms with van der Waals surface area (Å²) >= 11 is 0. The van der Waals surface area contributed by atoms with E-state index in [1.165, 1.54) is 23.1 Å². The first-order chi connectivity index (χ1) is 10.0. The first kappa shape index (κ1) is 15.2. The molecule has 1 aliphatic rings. The van der Waals surface area contributed by atoms with E-state index in [4.69, 9.17) is 4.74 Å². The zero-order chi connectivity index (χ0) is 15.4. The van der Waals surface area contributed by atoms with Crippen LogP contribution in [-0.2, 0) is 4.74 Å². The lowest BCUT2D eigenvalue weighted by molar-refractivity contribution is 0.151. The molecule has 1 aromatic carbocycles. The molecule has 21 heavy (non-hydrogen) atoms. The van der Waals surface area contributed by atoms with E-state index in [0.29, 0.717) is 0 Å². The lowest BCUT2D eigenvalue weighted by Crippen LogP contribution is -2.21. The van der Waals surface area contributed by atoms with Gasteiger partial charge in [0.05, 0.1) is 13.2 Å². The van der Waals surface area contributed by atoms with Gasteiger partial charge in [0.1, 0.15) is 5.75 Å². The van der Waals surface area contributed by atoms with Crippen molar-refractivity contribution in [3.63, 3.8) is 0 Å². The largest absolute Gasteiger partial charge is 0.491 e. The first-order valence-corrected chi connectivity index (χ1v) is 7.01. The topological polar surface area (TPSA) is 38.8 Å². The average molecular weight is 287 g/mol. The maximum Gasteiger partial charge on any atom is 0.417 e. The maximum absolute atomic E-state index is 11.4. The monoisotopic (exact) mass is 287 g/mol. The first-order valence-electron chi connectivity index (χ1n) is 7.01. The zero-order valence-electron chi connectivity index (χ0n) is 12.9. The van der Waals surface area contributed by atoms with Gasteiger partial charge in [-0.1, -0.05) is 18.2 Å². The van der Waals surface area contributed by atoms with E-state index in [2.05, 4.69) is 23.8 Å². The molecule has 0 aliphatic carbocycles. The second kappa shape index (κ2) is 6.48. The standard InChI is InChI=1S/C17H21NO3/c1-12(2)21-15-6-5-13(3)16(11-15)14-7-9-18(10-8-14)17(19)20-4/h5-12,14H,1-4H3. The third kappa shape index (κ3) is 3.66. The van der Waals surface area contributed by atoms with Crippen molar-refractivity contribution >= 4 is 6.09 Å². The SMILES string of the molecule is COC(=O)N1C=CC(c2cc(OC(C)C)ccc2C)C=C1. The van der Waals surface area contributed by atoms with Crippen LogP contribution in [0.4, 0.5) is 4.79 Å². The lowest BCUT2D eigenvalue weighted by Gasteiger charge is -2.21. The Bertz CT molecular complexity index is 561. The van der Waals surface area contributed by atoms with Crippen LogP contribution in [0.3, 0.4) is 0 Å². The molecule has 0 bridgehead atoms. The Kier molecular flexibility index (Phi) is 4.68. The molecule has 4 heteroatoms. The number of hydrogen-bond donors (Lipinski definition) is 0. The zero-order valence-corrected chi connectivity index (χ0v) is 12.9. The Balaban J connectivity index is 2.20. The number of ether oxygens (including phenoxy) is 2. The number of carbonyl (C=O) groups excluding carboxylic acids is 1. The van der Waals surface area contributed by atoms with Crippen LogP contribution < -0.4 is 4.74 Å². The van der Waals surface area contributed by atoms with Gasteiger partial charge in [-0.3, -0.25) is 4.90 Å².